The zero-order valence-corrected chi connectivity index (χ0v) is 10.8. The molecule has 88 valence electrons. The van der Waals surface area contributed by atoms with Gasteiger partial charge >= 0.3 is 0 Å². The molecule has 1 saturated heterocycles. The molecule has 1 aromatic rings. The molecule has 0 amide bonds. The molecule has 3 nitrogen and oxygen atoms in total. The fraction of sp³-hybridized carbons (Fsp3) is 0.455. The Labute approximate surface area is 102 Å². The maximum Gasteiger partial charge on any atom is 0.203 e. The van der Waals surface area contributed by atoms with Crippen LogP contribution in [0, 0.1) is 5.82 Å². The molecule has 1 aliphatic rings. The van der Waals surface area contributed by atoms with E-state index in [0.29, 0.717) is 17.6 Å². The Hall–Kier alpha value is -0.650. The monoisotopic (exact) mass is 289 g/mol. The molecule has 16 heavy (non-hydrogen) atoms. The molecule has 5 heteroatoms. The summed E-state index contributed by atoms with van der Waals surface area (Å²) >= 11 is 3.13. The number of methoxy groups -OCH3 is 2. The van der Waals surface area contributed by atoms with Crippen molar-refractivity contribution in [1.29, 1.82) is 0 Å². The molecule has 0 bridgehead atoms. The van der Waals surface area contributed by atoms with Crippen molar-refractivity contribution >= 4 is 21.6 Å². The number of nitrogens with zero attached hydrogens (tertiary/aromatic N) is 1. The minimum atomic E-state index is -0.538. The second-order valence-corrected chi connectivity index (χ2v) is 4.63. The van der Waals surface area contributed by atoms with Crippen molar-refractivity contribution in [1.82, 2.24) is 0 Å². The van der Waals surface area contributed by atoms with Crippen LogP contribution in [0.2, 0.25) is 0 Å². The second kappa shape index (κ2) is 4.31. The highest BCUT2D eigenvalue weighted by molar-refractivity contribution is 9.10. The summed E-state index contributed by atoms with van der Waals surface area (Å²) in [4.78, 5) is 2.00. The molecule has 1 aromatic carbocycles. The van der Waals surface area contributed by atoms with Crippen LogP contribution in [0.1, 0.15) is 0 Å². The van der Waals surface area contributed by atoms with E-state index in [1.165, 1.54) is 6.07 Å². The van der Waals surface area contributed by atoms with Gasteiger partial charge in [0, 0.05) is 19.9 Å². The van der Waals surface area contributed by atoms with E-state index in [2.05, 4.69) is 15.9 Å². The number of anilines is 1. The fourth-order valence-electron chi connectivity index (χ4n) is 1.74. The average molecular weight is 290 g/mol. The smallest absolute Gasteiger partial charge is 0.203 e. The van der Waals surface area contributed by atoms with Crippen LogP contribution in [-0.4, -0.2) is 33.1 Å². The van der Waals surface area contributed by atoms with Gasteiger partial charge in [-0.05, 0) is 34.1 Å². The first-order valence-electron chi connectivity index (χ1n) is 4.90. The Morgan fingerprint density at radius 2 is 1.94 bits per heavy atom. The van der Waals surface area contributed by atoms with Crippen LogP contribution >= 0.6 is 15.9 Å². The van der Waals surface area contributed by atoms with Gasteiger partial charge in [-0.15, -0.1) is 0 Å². The average Bonchev–Trinajstić information content (AvgIpc) is 2.23. The Bertz CT molecular complexity index is 388. The van der Waals surface area contributed by atoms with Crippen LogP contribution in [0.25, 0.3) is 0 Å². The Balaban J connectivity index is 2.09. The van der Waals surface area contributed by atoms with Crippen molar-refractivity contribution in [3.8, 4) is 0 Å². The summed E-state index contributed by atoms with van der Waals surface area (Å²) in [6.07, 6.45) is 0. The van der Waals surface area contributed by atoms with E-state index in [4.69, 9.17) is 9.47 Å². The Morgan fingerprint density at radius 1 is 1.31 bits per heavy atom. The lowest BCUT2D eigenvalue weighted by Gasteiger charge is -2.48. The van der Waals surface area contributed by atoms with Crippen molar-refractivity contribution in [2.24, 2.45) is 0 Å². The third-order valence-electron chi connectivity index (χ3n) is 2.88. The molecule has 0 aliphatic carbocycles. The molecule has 0 atom stereocenters. The van der Waals surface area contributed by atoms with Gasteiger partial charge in [0.25, 0.3) is 0 Å². The first-order valence-corrected chi connectivity index (χ1v) is 5.70. The number of ether oxygens (including phenoxy) is 2. The highest BCUT2D eigenvalue weighted by atomic mass is 79.9. The zero-order chi connectivity index (χ0) is 11.8. The minimum absolute atomic E-state index is 0.259. The van der Waals surface area contributed by atoms with E-state index in [9.17, 15) is 4.39 Å². The molecule has 0 radical (unpaired) electrons. The Kier molecular flexibility index (Phi) is 3.19. The molecule has 0 saturated carbocycles. The summed E-state index contributed by atoms with van der Waals surface area (Å²) in [7, 11) is 3.23. The first kappa shape index (κ1) is 11.8. The van der Waals surface area contributed by atoms with Gasteiger partial charge in [0.1, 0.15) is 5.82 Å². The lowest BCUT2D eigenvalue weighted by molar-refractivity contribution is -0.219. The summed E-state index contributed by atoms with van der Waals surface area (Å²) in [5.74, 6) is -0.798. The van der Waals surface area contributed by atoms with E-state index in [1.807, 2.05) is 11.0 Å². The number of halogens is 2. The van der Waals surface area contributed by atoms with Crippen LogP contribution < -0.4 is 4.90 Å². The molecular weight excluding hydrogens is 277 g/mol. The number of hydrogen-bond donors (Lipinski definition) is 0. The molecule has 0 aromatic heterocycles. The van der Waals surface area contributed by atoms with Crippen LogP contribution in [0.15, 0.2) is 22.7 Å². The van der Waals surface area contributed by atoms with E-state index < -0.39 is 5.79 Å². The molecule has 2 rings (SSSR count). The normalized spacial score (nSPS) is 18.4. The van der Waals surface area contributed by atoms with Gasteiger partial charge in [0.05, 0.1) is 17.6 Å². The van der Waals surface area contributed by atoms with E-state index in [1.54, 1.807) is 20.3 Å². The van der Waals surface area contributed by atoms with Crippen LogP contribution in [0.3, 0.4) is 0 Å². The third-order valence-corrected chi connectivity index (χ3v) is 3.52. The third kappa shape index (κ3) is 1.95. The number of benzene rings is 1. The summed E-state index contributed by atoms with van der Waals surface area (Å²) in [5, 5.41) is 0. The van der Waals surface area contributed by atoms with Crippen molar-refractivity contribution in [2.45, 2.75) is 5.79 Å². The predicted octanol–water partition coefficient (Wildman–Crippen LogP) is 2.40. The molecule has 0 unspecified atom stereocenters. The second-order valence-electron chi connectivity index (χ2n) is 3.77. The summed E-state index contributed by atoms with van der Waals surface area (Å²) < 4.78 is 24.3. The molecular formula is C11H13BrFNO2. The van der Waals surface area contributed by atoms with Crippen molar-refractivity contribution < 1.29 is 13.9 Å². The largest absolute Gasteiger partial charge is 0.360 e. The van der Waals surface area contributed by atoms with Crippen LogP contribution in [-0.2, 0) is 9.47 Å². The molecule has 0 N–H and O–H groups in total. The SMILES string of the molecule is COC1(OC)CN(c2ccc(Br)c(F)c2)C1. The summed E-state index contributed by atoms with van der Waals surface area (Å²) in [6, 6.07) is 5.06. The van der Waals surface area contributed by atoms with Crippen LogP contribution in [0.5, 0.6) is 0 Å². The topological polar surface area (TPSA) is 21.7 Å². The standard InChI is InChI=1S/C11H13BrFNO2/c1-15-11(16-2)6-14(7-11)8-3-4-9(12)10(13)5-8/h3-5H,6-7H2,1-2H3. The van der Waals surface area contributed by atoms with Crippen LogP contribution in [0.4, 0.5) is 10.1 Å². The quantitative estimate of drug-likeness (QED) is 0.798. The molecule has 1 aliphatic heterocycles. The van der Waals surface area contributed by atoms with Gasteiger partial charge in [-0.1, -0.05) is 0 Å². The summed E-state index contributed by atoms with van der Waals surface area (Å²) in [5.41, 5.74) is 0.838. The Morgan fingerprint density at radius 3 is 2.44 bits per heavy atom. The number of rotatable bonds is 3. The van der Waals surface area contributed by atoms with E-state index in [0.717, 1.165) is 5.69 Å². The number of hydrogen-bond acceptors (Lipinski definition) is 3. The highest BCUT2D eigenvalue weighted by Crippen LogP contribution is 2.32. The highest BCUT2D eigenvalue weighted by Gasteiger charge is 2.44. The van der Waals surface area contributed by atoms with E-state index >= 15 is 0 Å². The maximum atomic E-state index is 13.3. The lowest BCUT2D eigenvalue weighted by Crippen LogP contribution is -2.64. The van der Waals surface area contributed by atoms with Gasteiger partial charge in [-0.2, -0.15) is 0 Å². The van der Waals surface area contributed by atoms with Crippen molar-refractivity contribution in [2.75, 3.05) is 32.2 Å². The minimum Gasteiger partial charge on any atom is -0.360 e. The zero-order valence-electron chi connectivity index (χ0n) is 9.17. The molecule has 1 fully saturated rings. The van der Waals surface area contributed by atoms with Gasteiger partial charge in [-0.3, -0.25) is 0 Å². The fourth-order valence-corrected chi connectivity index (χ4v) is 1.99. The van der Waals surface area contributed by atoms with Gasteiger partial charge in [-0.25, -0.2) is 4.39 Å². The van der Waals surface area contributed by atoms with Gasteiger partial charge < -0.3 is 14.4 Å². The predicted molar refractivity (Wildman–Crippen MR) is 63.1 cm³/mol. The van der Waals surface area contributed by atoms with Gasteiger partial charge in [0.2, 0.25) is 5.79 Å². The molecule has 1 heterocycles. The lowest BCUT2D eigenvalue weighted by atomic mass is 10.1. The molecule has 0 spiro atoms. The van der Waals surface area contributed by atoms with Gasteiger partial charge in [0.15, 0.2) is 0 Å². The van der Waals surface area contributed by atoms with E-state index in [-0.39, 0.29) is 5.82 Å². The van der Waals surface area contributed by atoms with Crippen molar-refractivity contribution in [3.05, 3.63) is 28.5 Å². The first-order chi connectivity index (χ1) is 7.60. The van der Waals surface area contributed by atoms with Crippen molar-refractivity contribution in [3.63, 3.8) is 0 Å². The maximum absolute atomic E-state index is 13.3. The summed E-state index contributed by atoms with van der Waals surface area (Å²) in [6.45, 7) is 1.22.